The number of nitrogens with zero attached hydrogens (tertiary/aromatic N) is 3. The predicted octanol–water partition coefficient (Wildman–Crippen LogP) is 2.78. The number of thiophene rings is 1. The molecule has 0 aliphatic heterocycles. The topological polar surface area (TPSA) is 103 Å². The molecule has 2 aromatic heterocycles. The smallest absolute Gasteiger partial charge is 0.341 e. The number of ketones is 1. The van der Waals surface area contributed by atoms with Crippen molar-refractivity contribution in [2.45, 2.75) is 39.4 Å². The summed E-state index contributed by atoms with van der Waals surface area (Å²) in [6.07, 6.45) is 1.60. The second kappa shape index (κ2) is 8.95. The normalized spacial score (nSPS) is 10.6. The molecule has 0 radical (unpaired) electrons. The van der Waals surface area contributed by atoms with Gasteiger partial charge in [-0.3, -0.25) is 9.59 Å². The summed E-state index contributed by atoms with van der Waals surface area (Å²) in [6.45, 7) is 7.66. The third-order valence-corrected chi connectivity index (χ3v) is 5.74. The molecule has 0 aliphatic carbocycles. The van der Waals surface area contributed by atoms with E-state index in [1.54, 1.807) is 20.2 Å². The molecule has 0 spiro atoms. The van der Waals surface area contributed by atoms with Crippen molar-refractivity contribution in [1.82, 2.24) is 14.8 Å². The fourth-order valence-electron chi connectivity index (χ4n) is 2.25. The lowest BCUT2D eigenvalue weighted by Gasteiger charge is -2.07. The molecule has 0 saturated carbocycles. The largest absolute Gasteiger partial charge is 0.462 e. The van der Waals surface area contributed by atoms with Gasteiger partial charge in [-0.2, -0.15) is 0 Å². The number of aromatic nitrogens is 3. The Bertz CT molecular complexity index is 828. The standard InChI is InChI=1S/C16H20N4O4S2/c1-5-20-8-17-19-16(20)25-7-11(22)18-14-12(15(23)24-6-2)9(3)13(26-14)10(4)21/h8H,5-7H2,1-4H3,(H,18,22). The molecule has 1 amide bonds. The van der Waals surface area contributed by atoms with Crippen molar-refractivity contribution in [2.75, 3.05) is 17.7 Å². The number of aryl methyl sites for hydroxylation is 1. The van der Waals surface area contributed by atoms with Crippen LogP contribution >= 0.6 is 23.1 Å². The maximum absolute atomic E-state index is 12.3. The van der Waals surface area contributed by atoms with Crippen LogP contribution in [0.5, 0.6) is 0 Å². The fraction of sp³-hybridized carbons (Fsp3) is 0.438. The quantitative estimate of drug-likeness (QED) is 0.416. The van der Waals surface area contributed by atoms with Crippen molar-refractivity contribution in [3.05, 3.63) is 22.3 Å². The minimum atomic E-state index is -0.553. The average Bonchev–Trinajstić information content (AvgIpc) is 3.17. The number of nitrogens with one attached hydrogen (secondary N) is 1. The number of carbonyl (C=O) groups is 3. The van der Waals surface area contributed by atoms with Crippen LogP contribution in [-0.2, 0) is 16.1 Å². The van der Waals surface area contributed by atoms with Crippen LogP contribution in [0.4, 0.5) is 5.00 Å². The molecule has 140 valence electrons. The van der Waals surface area contributed by atoms with E-state index in [0.717, 1.165) is 11.3 Å². The van der Waals surface area contributed by atoms with Crippen LogP contribution in [0.25, 0.3) is 0 Å². The molecule has 2 rings (SSSR count). The number of hydrogen-bond donors (Lipinski definition) is 1. The molecule has 2 heterocycles. The minimum Gasteiger partial charge on any atom is -0.462 e. The molecular weight excluding hydrogens is 376 g/mol. The molecular formula is C16H20N4O4S2. The van der Waals surface area contributed by atoms with Crippen molar-refractivity contribution >= 4 is 45.8 Å². The van der Waals surface area contributed by atoms with Crippen LogP contribution in [0.1, 0.15) is 46.4 Å². The Hall–Kier alpha value is -2.20. The SMILES string of the molecule is CCOC(=O)c1c(NC(=O)CSc2nncn2CC)sc(C(C)=O)c1C. The summed E-state index contributed by atoms with van der Waals surface area (Å²) in [5.74, 6) is -0.915. The van der Waals surface area contributed by atoms with Gasteiger partial charge in [-0.15, -0.1) is 21.5 Å². The highest BCUT2D eigenvalue weighted by Gasteiger charge is 2.25. The molecule has 0 unspecified atom stereocenters. The third kappa shape index (κ3) is 4.50. The Morgan fingerprint density at radius 3 is 2.69 bits per heavy atom. The number of rotatable bonds is 8. The molecule has 0 saturated heterocycles. The van der Waals surface area contributed by atoms with Gasteiger partial charge in [0.1, 0.15) is 11.3 Å². The molecule has 8 nitrogen and oxygen atoms in total. The molecule has 1 N–H and O–H groups in total. The minimum absolute atomic E-state index is 0.104. The van der Waals surface area contributed by atoms with Gasteiger partial charge in [0.05, 0.1) is 22.8 Å². The zero-order valence-corrected chi connectivity index (χ0v) is 16.6. The first kappa shape index (κ1) is 20.1. The number of esters is 1. The van der Waals surface area contributed by atoms with E-state index in [-0.39, 0.29) is 29.6 Å². The zero-order valence-electron chi connectivity index (χ0n) is 15.0. The number of amides is 1. The first-order valence-electron chi connectivity index (χ1n) is 8.00. The van der Waals surface area contributed by atoms with Crippen molar-refractivity contribution in [3.8, 4) is 0 Å². The Labute approximate surface area is 159 Å². The second-order valence-corrected chi connectivity index (χ2v) is 7.24. The number of hydrogen-bond acceptors (Lipinski definition) is 8. The highest BCUT2D eigenvalue weighted by Crippen LogP contribution is 2.34. The van der Waals surface area contributed by atoms with Gasteiger partial charge < -0.3 is 14.6 Å². The Kier molecular flexibility index (Phi) is 6.92. The van der Waals surface area contributed by atoms with Crippen LogP contribution in [0, 0.1) is 6.92 Å². The van der Waals surface area contributed by atoms with Gasteiger partial charge in [-0.25, -0.2) is 4.79 Å². The highest BCUT2D eigenvalue weighted by molar-refractivity contribution is 7.99. The van der Waals surface area contributed by atoms with E-state index in [1.165, 1.54) is 18.7 Å². The zero-order chi connectivity index (χ0) is 19.3. The van der Waals surface area contributed by atoms with Crippen molar-refractivity contribution in [2.24, 2.45) is 0 Å². The molecule has 0 aliphatic rings. The van der Waals surface area contributed by atoms with Gasteiger partial charge in [-0.1, -0.05) is 11.8 Å². The van der Waals surface area contributed by atoms with E-state index < -0.39 is 5.97 Å². The van der Waals surface area contributed by atoms with Crippen LogP contribution in [0.15, 0.2) is 11.5 Å². The van der Waals surface area contributed by atoms with Crippen LogP contribution in [0.2, 0.25) is 0 Å². The van der Waals surface area contributed by atoms with Gasteiger partial charge in [0, 0.05) is 6.54 Å². The first-order chi connectivity index (χ1) is 12.4. The molecule has 2 aromatic rings. The molecule has 26 heavy (non-hydrogen) atoms. The van der Waals surface area contributed by atoms with Gasteiger partial charge in [-0.05, 0) is 33.3 Å². The van der Waals surface area contributed by atoms with Crippen molar-refractivity contribution in [1.29, 1.82) is 0 Å². The Morgan fingerprint density at radius 2 is 2.08 bits per heavy atom. The average molecular weight is 396 g/mol. The maximum atomic E-state index is 12.3. The van der Waals surface area contributed by atoms with Gasteiger partial charge in [0.2, 0.25) is 5.91 Å². The number of anilines is 1. The molecule has 0 atom stereocenters. The van der Waals surface area contributed by atoms with Crippen molar-refractivity contribution in [3.63, 3.8) is 0 Å². The lowest BCUT2D eigenvalue weighted by Crippen LogP contribution is -2.16. The molecule has 0 aromatic carbocycles. The fourth-order valence-corrected chi connectivity index (χ4v) is 4.14. The number of Topliss-reactive ketones (excluding diaryl/α,β-unsaturated/α-hetero) is 1. The summed E-state index contributed by atoms with van der Waals surface area (Å²) in [7, 11) is 0. The summed E-state index contributed by atoms with van der Waals surface area (Å²) < 4.78 is 6.88. The van der Waals surface area contributed by atoms with E-state index in [1.807, 2.05) is 11.5 Å². The monoisotopic (exact) mass is 396 g/mol. The second-order valence-electron chi connectivity index (χ2n) is 5.27. The number of thioether (sulfide) groups is 1. The maximum Gasteiger partial charge on any atom is 0.341 e. The van der Waals surface area contributed by atoms with Gasteiger partial charge in [0.15, 0.2) is 10.9 Å². The lowest BCUT2D eigenvalue weighted by molar-refractivity contribution is -0.113. The van der Waals surface area contributed by atoms with Gasteiger partial charge >= 0.3 is 5.97 Å². The van der Waals surface area contributed by atoms with E-state index in [0.29, 0.717) is 27.1 Å². The van der Waals surface area contributed by atoms with Crippen molar-refractivity contribution < 1.29 is 19.1 Å². The van der Waals surface area contributed by atoms with Crippen LogP contribution < -0.4 is 5.32 Å². The van der Waals surface area contributed by atoms with Crippen LogP contribution in [0.3, 0.4) is 0 Å². The Morgan fingerprint density at radius 1 is 1.35 bits per heavy atom. The predicted molar refractivity (Wildman–Crippen MR) is 100 cm³/mol. The summed E-state index contributed by atoms with van der Waals surface area (Å²) in [4.78, 5) is 36.7. The van der Waals surface area contributed by atoms with E-state index in [4.69, 9.17) is 4.74 Å². The van der Waals surface area contributed by atoms with E-state index >= 15 is 0 Å². The van der Waals surface area contributed by atoms with E-state index in [2.05, 4.69) is 15.5 Å². The van der Waals surface area contributed by atoms with Gasteiger partial charge in [0.25, 0.3) is 0 Å². The highest BCUT2D eigenvalue weighted by atomic mass is 32.2. The molecule has 0 bridgehead atoms. The molecule has 0 fully saturated rings. The number of carbonyl (C=O) groups excluding carboxylic acids is 3. The summed E-state index contributed by atoms with van der Waals surface area (Å²) in [5.41, 5.74) is 0.756. The Balaban J connectivity index is 2.16. The third-order valence-electron chi connectivity index (χ3n) is 3.45. The lowest BCUT2D eigenvalue weighted by atomic mass is 10.1. The molecule has 10 heteroatoms. The van der Waals surface area contributed by atoms with E-state index in [9.17, 15) is 14.4 Å². The first-order valence-corrected chi connectivity index (χ1v) is 9.81. The summed E-state index contributed by atoms with van der Waals surface area (Å²) in [6, 6.07) is 0. The summed E-state index contributed by atoms with van der Waals surface area (Å²) in [5, 5.41) is 11.4. The van der Waals surface area contributed by atoms with Crippen LogP contribution in [-0.4, -0.2) is 44.8 Å². The number of ether oxygens (including phenoxy) is 1. The summed E-state index contributed by atoms with van der Waals surface area (Å²) >= 11 is 2.33.